The molecule has 114 valence electrons. The topological polar surface area (TPSA) is 81.9 Å². The van der Waals surface area contributed by atoms with Crippen LogP contribution in [0.1, 0.15) is 15.9 Å². The van der Waals surface area contributed by atoms with E-state index in [2.05, 4.69) is 10.5 Å². The summed E-state index contributed by atoms with van der Waals surface area (Å²) in [5.41, 5.74) is 3.16. The molecule has 0 fully saturated rings. The van der Waals surface area contributed by atoms with Crippen LogP contribution >= 0.6 is 0 Å². The van der Waals surface area contributed by atoms with Gasteiger partial charge in [-0.25, -0.2) is 5.43 Å². The molecule has 0 unspecified atom stereocenters. The fraction of sp³-hybridized carbons (Fsp3) is 0. The van der Waals surface area contributed by atoms with Gasteiger partial charge in [0.15, 0.2) is 0 Å². The van der Waals surface area contributed by atoms with E-state index >= 15 is 0 Å². The molecule has 0 saturated carbocycles. The normalized spacial score (nSPS) is 11.0. The summed E-state index contributed by atoms with van der Waals surface area (Å²) in [7, 11) is 0. The molecule has 3 aromatic rings. The molecule has 0 aliphatic rings. The van der Waals surface area contributed by atoms with Gasteiger partial charge in [-0.15, -0.1) is 0 Å². The maximum absolute atomic E-state index is 12.1. The van der Waals surface area contributed by atoms with Crippen LogP contribution in [0, 0.1) is 0 Å². The molecule has 3 aromatic carbocycles. The van der Waals surface area contributed by atoms with Gasteiger partial charge in [-0.05, 0) is 29.1 Å². The number of carbonyl (C=O) groups is 1. The van der Waals surface area contributed by atoms with Gasteiger partial charge in [0.2, 0.25) is 0 Å². The number of aromatic hydroxyl groups is 2. The molecule has 0 aliphatic carbocycles. The predicted molar refractivity (Wildman–Crippen MR) is 88.8 cm³/mol. The number of carbonyl (C=O) groups excluding carboxylic acids is 1. The quantitative estimate of drug-likeness (QED) is 0.514. The lowest BCUT2D eigenvalue weighted by Gasteiger charge is -2.06. The molecule has 0 atom stereocenters. The van der Waals surface area contributed by atoms with Gasteiger partial charge in [0.05, 0.1) is 11.8 Å². The van der Waals surface area contributed by atoms with Crippen LogP contribution in [0.25, 0.3) is 10.8 Å². The minimum Gasteiger partial charge on any atom is -0.508 e. The number of phenolic OH excluding ortho intramolecular Hbond substituents is 2. The molecule has 0 spiro atoms. The van der Waals surface area contributed by atoms with Crippen LogP contribution < -0.4 is 5.43 Å². The second-order valence-electron chi connectivity index (χ2n) is 4.98. The highest BCUT2D eigenvalue weighted by molar-refractivity contribution is 6.03. The zero-order chi connectivity index (χ0) is 16.2. The molecule has 0 saturated heterocycles. The zero-order valence-electron chi connectivity index (χ0n) is 12.1. The maximum atomic E-state index is 12.1. The Kier molecular flexibility index (Phi) is 3.93. The van der Waals surface area contributed by atoms with Crippen LogP contribution in [0.4, 0.5) is 0 Å². The van der Waals surface area contributed by atoms with Crippen molar-refractivity contribution in [2.45, 2.75) is 0 Å². The summed E-state index contributed by atoms with van der Waals surface area (Å²) in [5, 5.41) is 24.9. The zero-order valence-corrected chi connectivity index (χ0v) is 12.1. The minimum absolute atomic E-state index is 0.0758. The molecular weight excluding hydrogens is 292 g/mol. The Morgan fingerprint density at radius 1 is 1.00 bits per heavy atom. The molecule has 0 heterocycles. The number of nitrogens with zero attached hydrogens (tertiary/aromatic N) is 1. The Labute approximate surface area is 132 Å². The summed E-state index contributed by atoms with van der Waals surface area (Å²) in [4.78, 5) is 12.1. The van der Waals surface area contributed by atoms with Crippen LogP contribution in [0.5, 0.6) is 11.5 Å². The van der Waals surface area contributed by atoms with Crippen molar-refractivity contribution in [3.8, 4) is 11.5 Å². The van der Waals surface area contributed by atoms with Gasteiger partial charge in [-0.1, -0.05) is 42.5 Å². The Morgan fingerprint density at radius 3 is 2.65 bits per heavy atom. The van der Waals surface area contributed by atoms with Crippen molar-refractivity contribution in [2.24, 2.45) is 5.10 Å². The van der Waals surface area contributed by atoms with E-state index in [1.165, 1.54) is 12.3 Å². The molecule has 5 heteroatoms. The highest BCUT2D eigenvalue weighted by Gasteiger charge is 2.12. The highest BCUT2D eigenvalue weighted by atomic mass is 16.3. The van der Waals surface area contributed by atoms with Crippen LogP contribution in [0.15, 0.2) is 65.8 Å². The lowest BCUT2D eigenvalue weighted by molar-refractivity contribution is 0.0952. The van der Waals surface area contributed by atoms with Crippen LogP contribution in [0.2, 0.25) is 0 Å². The van der Waals surface area contributed by atoms with E-state index in [-0.39, 0.29) is 17.1 Å². The number of hydrogen-bond donors (Lipinski definition) is 3. The van der Waals surface area contributed by atoms with Crippen molar-refractivity contribution in [1.82, 2.24) is 5.43 Å². The maximum Gasteiger partial charge on any atom is 0.275 e. The largest absolute Gasteiger partial charge is 0.508 e. The van der Waals surface area contributed by atoms with E-state index in [1.54, 1.807) is 42.5 Å². The van der Waals surface area contributed by atoms with Gasteiger partial charge in [-0.3, -0.25) is 4.79 Å². The second-order valence-corrected chi connectivity index (χ2v) is 4.98. The van der Waals surface area contributed by atoms with Gasteiger partial charge in [0, 0.05) is 5.39 Å². The molecule has 0 radical (unpaired) electrons. The van der Waals surface area contributed by atoms with E-state index in [9.17, 15) is 15.0 Å². The number of benzene rings is 3. The summed E-state index contributed by atoms with van der Waals surface area (Å²) in [6.45, 7) is 0. The van der Waals surface area contributed by atoms with Crippen molar-refractivity contribution < 1.29 is 15.0 Å². The third kappa shape index (κ3) is 3.13. The lowest BCUT2D eigenvalue weighted by Crippen LogP contribution is -2.17. The summed E-state index contributed by atoms with van der Waals surface area (Å²) in [5.74, 6) is -0.467. The standard InChI is InChI=1S/C18H14N2O3/c21-14-6-3-4-12(10-14)11-19-20-18(23)16-9-8-13-5-1-2-7-15(13)17(16)22/h1-11,21-22H,(H,20,23)/b19-11+. The number of rotatable bonds is 3. The molecular formula is C18H14N2O3. The van der Waals surface area contributed by atoms with E-state index in [1.807, 2.05) is 12.1 Å². The van der Waals surface area contributed by atoms with E-state index in [4.69, 9.17) is 0 Å². The highest BCUT2D eigenvalue weighted by Crippen LogP contribution is 2.28. The summed E-state index contributed by atoms with van der Waals surface area (Å²) >= 11 is 0. The summed E-state index contributed by atoms with van der Waals surface area (Å²) in [6.07, 6.45) is 1.41. The molecule has 0 bridgehead atoms. The Morgan fingerprint density at radius 2 is 1.83 bits per heavy atom. The van der Waals surface area contributed by atoms with Gasteiger partial charge >= 0.3 is 0 Å². The molecule has 23 heavy (non-hydrogen) atoms. The first-order valence-corrected chi connectivity index (χ1v) is 6.98. The fourth-order valence-corrected chi connectivity index (χ4v) is 2.27. The Balaban J connectivity index is 1.80. The predicted octanol–water partition coefficient (Wildman–Crippen LogP) is 3.01. The second kappa shape index (κ2) is 6.19. The number of nitrogens with one attached hydrogen (secondary N) is 1. The van der Waals surface area contributed by atoms with Gasteiger partial charge in [0.25, 0.3) is 5.91 Å². The number of hydrogen-bond acceptors (Lipinski definition) is 4. The Bertz CT molecular complexity index is 904. The third-order valence-electron chi connectivity index (χ3n) is 3.40. The molecule has 0 aliphatic heterocycles. The van der Waals surface area contributed by atoms with Crippen molar-refractivity contribution in [3.05, 3.63) is 71.8 Å². The van der Waals surface area contributed by atoms with Crippen molar-refractivity contribution in [3.63, 3.8) is 0 Å². The number of hydrazone groups is 1. The first-order chi connectivity index (χ1) is 11.1. The van der Waals surface area contributed by atoms with Gasteiger partial charge in [0.1, 0.15) is 11.5 Å². The van der Waals surface area contributed by atoms with E-state index in [0.29, 0.717) is 10.9 Å². The number of fused-ring (bicyclic) bond motifs is 1. The van der Waals surface area contributed by atoms with Crippen molar-refractivity contribution >= 4 is 22.9 Å². The van der Waals surface area contributed by atoms with Crippen LogP contribution in [0.3, 0.4) is 0 Å². The number of phenols is 2. The monoisotopic (exact) mass is 306 g/mol. The molecule has 3 N–H and O–H groups in total. The smallest absolute Gasteiger partial charge is 0.275 e. The molecule has 0 aromatic heterocycles. The van der Waals surface area contributed by atoms with Gasteiger partial charge in [-0.2, -0.15) is 5.10 Å². The third-order valence-corrected chi connectivity index (χ3v) is 3.40. The van der Waals surface area contributed by atoms with Crippen molar-refractivity contribution in [1.29, 1.82) is 0 Å². The molecule has 3 rings (SSSR count). The van der Waals surface area contributed by atoms with E-state index < -0.39 is 5.91 Å². The first-order valence-electron chi connectivity index (χ1n) is 6.98. The molecule has 5 nitrogen and oxygen atoms in total. The summed E-state index contributed by atoms with van der Waals surface area (Å²) in [6, 6.07) is 17.1. The number of amides is 1. The average molecular weight is 306 g/mol. The fourth-order valence-electron chi connectivity index (χ4n) is 2.27. The van der Waals surface area contributed by atoms with Crippen LogP contribution in [-0.2, 0) is 0 Å². The average Bonchev–Trinajstić information content (AvgIpc) is 2.55. The Hall–Kier alpha value is -3.34. The first kappa shape index (κ1) is 14.6. The van der Waals surface area contributed by atoms with E-state index in [0.717, 1.165) is 5.39 Å². The lowest BCUT2D eigenvalue weighted by atomic mass is 10.1. The van der Waals surface area contributed by atoms with Crippen LogP contribution in [-0.4, -0.2) is 22.3 Å². The minimum atomic E-state index is -0.510. The summed E-state index contributed by atoms with van der Waals surface area (Å²) < 4.78 is 0. The SMILES string of the molecule is O=C(N/N=C/c1cccc(O)c1)c1ccc2ccccc2c1O. The van der Waals surface area contributed by atoms with Gasteiger partial charge < -0.3 is 10.2 Å². The van der Waals surface area contributed by atoms with Crippen molar-refractivity contribution in [2.75, 3.05) is 0 Å². The molecule has 1 amide bonds.